The molecule has 5 heteroatoms. The van der Waals surface area contributed by atoms with Crippen LogP contribution in [-0.2, 0) is 6.54 Å². The van der Waals surface area contributed by atoms with Gasteiger partial charge in [-0.1, -0.05) is 0 Å². The van der Waals surface area contributed by atoms with Crippen molar-refractivity contribution in [1.82, 2.24) is 19.9 Å². The average Bonchev–Trinajstić information content (AvgIpc) is 2.89. The number of imidazole rings is 1. The van der Waals surface area contributed by atoms with E-state index in [1.807, 2.05) is 6.07 Å². The van der Waals surface area contributed by atoms with Gasteiger partial charge in [-0.3, -0.25) is 9.55 Å². The van der Waals surface area contributed by atoms with Crippen molar-refractivity contribution in [2.75, 3.05) is 13.1 Å². The van der Waals surface area contributed by atoms with Crippen molar-refractivity contribution in [1.29, 1.82) is 0 Å². The Balaban J connectivity index is 2.01. The van der Waals surface area contributed by atoms with E-state index in [1.165, 1.54) is 0 Å². The lowest BCUT2D eigenvalue weighted by molar-refractivity contribution is 0.481. The molecule has 2 N–H and O–H groups in total. The van der Waals surface area contributed by atoms with Crippen LogP contribution in [0, 0.1) is 5.92 Å². The molecule has 3 heterocycles. The topological polar surface area (TPSA) is 62.7 Å². The highest BCUT2D eigenvalue weighted by molar-refractivity contribution is 5.73. The summed E-state index contributed by atoms with van der Waals surface area (Å²) in [5.41, 5.74) is 1.74. The molecule has 16 heavy (non-hydrogen) atoms. The first-order chi connectivity index (χ1) is 7.84. The smallest absolute Gasteiger partial charge is 0.316 e. The lowest BCUT2D eigenvalue weighted by Crippen LogP contribution is -2.22. The Morgan fingerprint density at radius 1 is 1.56 bits per heavy atom. The van der Waals surface area contributed by atoms with Crippen LogP contribution in [0.5, 0.6) is 0 Å². The van der Waals surface area contributed by atoms with Crippen LogP contribution in [0.3, 0.4) is 0 Å². The van der Waals surface area contributed by atoms with Crippen LogP contribution in [0.2, 0.25) is 0 Å². The molecular weight excluding hydrogens is 204 g/mol. The number of fused-ring (bicyclic) bond motifs is 1. The summed E-state index contributed by atoms with van der Waals surface area (Å²) in [6, 6.07) is 1.83. The van der Waals surface area contributed by atoms with Crippen molar-refractivity contribution in [3.05, 3.63) is 28.9 Å². The largest absolute Gasteiger partial charge is 0.326 e. The highest BCUT2D eigenvalue weighted by atomic mass is 16.1. The molecule has 0 saturated carbocycles. The van der Waals surface area contributed by atoms with Gasteiger partial charge in [0, 0.05) is 12.7 Å². The molecule has 1 saturated heterocycles. The fourth-order valence-corrected chi connectivity index (χ4v) is 2.31. The molecule has 1 unspecified atom stereocenters. The summed E-state index contributed by atoms with van der Waals surface area (Å²) in [6.45, 7) is 2.83. The van der Waals surface area contributed by atoms with Crippen LogP contribution in [0.25, 0.3) is 11.0 Å². The summed E-state index contributed by atoms with van der Waals surface area (Å²) < 4.78 is 1.79. The molecule has 2 aromatic heterocycles. The van der Waals surface area contributed by atoms with Crippen LogP contribution in [0.15, 0.2) is 23.3 Å². The third kappa shape index (κ3) is 1.53. The van der Waals surface area contributed by atoms with Gasteiger partial charge in [0.05, 0.1) is 17.2 Å². The van der Waals surface area contributed by atoms with E-state index in [1.54, 1.807) is 17.0 Å². The fourth-order valence-electron chi connectivity index (χ4n) is 2.31. The third-order valence-electron chi connectivity index (χ3n) is 3.18. The van der Waals surface area contributed by atoms with Crippen LogP contribution in [0.4, 0.5) is 0 Å². The van der Waals surface area contributed by atoms with E-state index < -0.39 is 0 Å². The molecule has 1 atom stereocenters. The Morgan fingerprint density at radius 2 is 2.50 bits per heavy atom. The van der Waals surface area contributed by atoms with Gasteiger partial charge in [-0.15, -0.1) is 0 Å². The molecule has 0 spiro atoms. The molecule has 0 radical (unpaired) electrons. The van der Waals surface area contributed by atoms with Crippen molar-refractivity contribution in [3.63, 3.8) is 0 Å². The summed E-state index contributed by atoms with van der Waals surface area (Å²) in [5.74, 6) is 0.553. The highest BCUT2D eigenvalue weighted by Gasteiger charge is 2.17. The van der Waals surface area contributed by atoms with Crippen LogP contribution in [0.1, 0.15) is 6.42 Å². The standard InChI is InChI=1S/C11H14N4O/c16-11-14-9-2-4-13-6-10(9)15(11)7-8-1-3-12-5-8/h2,4,6,8,12H,1,3,5,7H2,(H,14,16). The van der Waals surface area contributed by atoms with E-state index >= 15 is 0 Å². The summed E-state index contributed by atoms with van der Waals surface area (Å²) in [7, 11) is 0. The van der Waals surface area contributed by atoms with Crippen LogP contribution < -0.4 is 11.0 Å². The van der Waals surface area contributed by atoms with Crippen LogP contribution >= 0.6 is 0 Å². The first-order valence-corrected chi connectivity index (χ1v) is 5.58. The zero-order chi connectivity index (χ0) is 11.0. The maximum Gasteiger partial charge on any atom is 0.326 e. The Kier molecular flexibility index (Phi) is 2.25. The number of pyridine rings is 1. The second-order valence-electron chi connectivity index (χ2n) is 4.29. The molecule has 0 amide bonds. The molecule has 1 fully saturated rings. The van der Waals surface area contributed by atoms with Crippen molar-refractivity contribution < 1.29 is 0 Å². The van der Waals surface area contributed by atoms with Crippen molar-refractivity contribution >= 4 is 11.0 Å². The van der Waals surface area contributed by atoms with Crippen LogP contribution in [-0.4, -0.2) is 27.6 Å². The number of hydrogen-bond donors (Lipinski definition) is 2. The second-order valence-corrected chi connectivity index (χ2v) is 4.29. The van der Waals surface area contributed by atoms with Gasteiger partial charge >= 0.3 is 5.69 Å². The van der Waals surface area contributed by atoms with E-state index in [-0.39, 0.29) is 5.69 Å². The third-order valence-corrected chi connectivity index (χ3v) is 3.18. The monoisotopic (exact) mass is 218 g/mol. The Hall–Kier alpha value is -1.62. The fraction of sp³-hybridized carbons (Fsp3) is 0.455. The second kappa shape index (κ2) is 3.75. The number of rotatable bonds is 2. The van der Waals surface area contributed by atoms with Gasteiger partial charge in [-0.05, 0) is 31.5 Å². The number of nitrogens with one attached hydrogen (secondary N) is 2. The first-order valence-electron chi connectivity index (χ1n) is 5.58. The van der Waals surface area contributed by atoms with Gasteiger partial charge in [0.15, 0.2) is 0 Å². The van der Waals surface area contributed by atoms with E-state index in [9.17, 15) is 4.79 Å². The van der Waals surface area contributed by atoms with Crippen molar-refractivity contribution in [2.45, 2.75) is 13.0 Å². The molecule has 84 valence electrons. The maximum atomic E-state index is 11.8. The summed E-state index contributed by atoms with van der Waals surface area (Å²) in [4.78, 5) is 18.7. The number of aromatic amines is 1. The van der Waals surface area contributed by atoms with E-state index in [0.717, 1.165) is 37.1 Å². The predicted octanol–water partition coefficient (Wildman–Crippen LogP) is 0.334. The lowest BCUT2D eigenvalue weighted by Gasteiger charge is -2.08. The number of aromatic nitrogens is 3. The SMILES string of the molecule is O=c1[nH]c2ccncc2n1CC1CCNC1. The van der Waals surface area contributed by atoms with Gasteiger partial charge in [0.25, 0.3) is 0 Å². The highest BCUT2D eigenvalue weighted by Crippen LogP contribution is 2.13. The van der Waals surface area contributed by atoms with Gasteiger partial charge in [0.1, 0.15) is 0 Å². The quantitative estimate of drug-likeness (QED) is 0.763. The molecule has 0 aliphatic carbocycles. The summed E-state index contributed by atoms with van der Waals surface area (Å²) >= 11 is 0. The Labute approximate surface area is 92.5 Å². The predicted molar refractivity (Wildman–Crippen MR) is 61.3 cm³/mol. The maximum absolute atomic E-state index is 11.8. The zero-order valence-corrected chi connectivity index (χ0v) is 8.94. The number of H-pyrrole nitrogens is 1. The molecule has 1 aliphatic rings. The minimum absolute atomic E-state index is 0.0325. The first kappa shape index (κ1) is 9.59. The summed E-state index contributed by atoms with van der Waals surface area (Å²) in [6.07, 6.45) is 4.58. The van der Waals surface area contributed by atoms with Gasteiger partial charge in [0.2, 0.25) is 0 Å². The molecule has 3 rings (SSSR count). The zero-order valence-electron chi connectivity index (χ0n) is 8.94. The Bertz CT molecular complexity index is 550. The number of nitrogens with zero attached hydrogens (tertiary/aromatic N) is 2. The van der Waals surface area contributed by atoms with E-state index in [4.69, 9.17) is 0 Å². The molecule has 0 aromatic carbocycles. The van der Waals surface area contributed by atoms with Gasteiger partial charge in [-0.25, -0.2) is 4.79 Å². The normalized spacial score (nSPS) is 20.6. The van der Waals surface area contributed by atoms with E-state index in [0.29, 0.717) is 5.92 Å². The molecule has 0 bridgehead atoms. The molecule has 5 nitrogen and oxygen atoms in total. The van der Waals surface area contributed by atoms with Gasteiger partial charge < -0.3 is 10.3 Å². The number of hydrogen-bond acceptors (Lipinski definition) is 3. The van der Waals surface area contributed by atoms with Gasteiger partial charge in [-0.2, -0.15) is 0 Å². The minimum Gasteiger partial charge on any atom is -0.316 e. The Morgan fingerprint density at radius 3 is 3.31 bits per heavy atom. The molecule has 1 aliphatic heterocycles. The minimum atomic E-state index is -0.0325. The molecular formula is C11H14N4O. The van der Waals surface area contributed by atoms with Crippen molar-refractivity contribution in [3.8, 4) is 0 Å². The lowest BCUT2D eigenvalue weighted by atomic mass is 10.1. The van der Waals surface area contributed by atoms with E-state index in [2.05, 4.69) is 15.3 Å². The van der Waals surface area contributed by atoms with Crippen molar-refractivity contribution in [2.24, 2.45) is 5.92 Å². The summed E-state index contributed by atoms with van der Waals surface area (Å²) in [5, 5.41) is 3.31. The average molecular weight is 218 g/mol. The molecule has 2 aromatic rings.